The highest BCUT2D eigenvalue weighted by atomic mass is 16.5. The average Bonchev–Trinajstić information content (AvgIpc) is 2.59. The number of nitrogens with zero attached hydrogens (tertiary/aromatic N) is 2. The van der Waals surface area contributed by atoms with Gasteiger partial charge in [-0.2, -0.15) is 4.98 Å². The van der Waals surface area contributed by atoms with Gasteiger partial charge in [0.1, 0.15) is 18.1 Å². The fourth-order valence-electron chi connectivity index (χ4n) is 1.70. The van der Waals surface area contributed by atoms with Crippen molar-refractivity contribution in [3.05, 3.63) is 22.7 Å². The van der Waals surface area contributed by atoms with Gasteiger partial charge in [0.2, 0.25) is 0 Å². The van der Waals surface area contributed by atoms with Crippen molar-refractivity contribution in [2.45, 2.75) is 24.9 Å². The zero-order valence-electron chi connectivity index (χ0n) is 8.48. The van der Waals surface area contributed by atoms with E-state index >= 15 is 0 Å². The number of nitrogen functional groups attached to an aromatic ring is 1. The maximum atomic E-state index is 11.5. The van der Waals surface area contributed by atoms with Gasteiger partial charge in [0.15, 0.2) is 0 Å². The van der Waals surface area contributed by atoms with Gasteiger partial charge in [-0.1, -0.05) is 0 Å². The fraction of sp³-hybridized carbons (Fsp3) is 0.556. The first-order chi connectivity index (χ1) is 7.61. The number of aliphatic hydroxyl groups is 2. The van der Waals surface area contributed by atoms with Crippen molar-refractivity contribution in [1.29, 1.82) is 0 Å². The lowest BCUT2D eigenvalue weighted by Gasteiger charge is -2.13. The van der Waals surface area contributed by atoms with E-state index in [0.717, 1.165) is 0 Å². The zero-order valence-corrected chi connectivity index (χ0v) is 8.48. The van der Waals surface area contributed by atoms with E-state index in [4.69, 9.17) is 15.6 Å². The summed E-state index contributed by atoms with van der Waals surface area (Å²) >= 11 is 0. The second kappa shape index (κ2) is 4.20. The monoisotopic (exact) mass is 227 g/mol. The van der Waals surface area contributed by atoms with Crippen LogP contribution in [0, 0.1) is 0 Å². The van der Waals surface area contributed by atoms with Crippen molar-refractivity contribution in [2.24, 2.45) is 0 Å². The molecule has 1 fully saturated rings. The second-order valence-electron chi connectivity index (χ2n) is 3.66. The molecular weight excluding hydrogens is 214 g/mol. The molecule has 0 radical (unpaired) electrons. The van der Waals surface area contributed by atoms with Gasteiger partial charge in [0.05, 0.1) is 12.7 Å². The Balaban J connectivity index is 2.23. The molecule has 0 saturated carbocycles. The van der Waals surface area contributed by atoms with E-state index < -0.39 is 24.1 Å². The number of aliphatic hydroxyl groups excluding tert-OH is 2. The van der Waals surface area contributed by atoms with E-state index in [0.29, 0.717) is 0 Å². The quantitative estimate of drug-likeness (QED) is 0.565. The molecule has 16 heavy (non-hydrogen) atoms. The maximum Gasteiger partial charge on any atom is 0.351 e. The van der Waals surface area contributed by atoms with Crippen LogP contribution in [-0.4, -0.2) is 38.6 Å². The van der Waals surface area contributed by atoms with E-state index in [1.807, 2.05) is 0 Å². The molecule has 7 nitrogen and oxygen atoms in total. The fourth-order valence-corrected chi connectivity index (χ4v) is 1.70. The van der Waals surface area contributed by atoms with Crippen molar-refractivity contribution >= 4 is 5.82 Å². The predicted octanol–water partition coefficient (Wildman–Crippen LogP) is -1.53. The van der Waals surface area contributed by atoms with Crippen LogP contribution in [0.5, 0.6) is 0 Å². The topological polar surface area (TPSA) is 111 Å². The number of hydrogen-bond donors (Lipinski definition) is 3. The van der Waals surface area contributed by atoms with Crippen LogP contribution in [0.2, 0.25) is 0 Å². The van der Waals surface area contributed by atoms with Crippen molar-refractivity contribution in [3.63, 3.8) is 0 Å². The molecule has 1 aliphatic heterocycles. The summed E-state index contributed by atoms with van der Waals surface area (Å²) < 4.78 is 6.56. The summed E-state index contributed by atoms with van der Waals surface area (Å²) in [7, 11) is 0. The molecule has 0 amide bonds. The van der Waals surface area contributed by atoms with E-state index in [9.17, 15) is 9.90 Å². The molecule has 3 atom stereocenters. The number of rotatable bonds is 2. The molecule has 1 unspecified atom stereocenters. The molecule has 7 heteroatoms. The minimum atomic E-state index is -0.778. The standard InChI is InChI=1S/C9H13N3O4/c10-7-1-2-12(9(15)11-7)8-3-5(14)6(4-13)16-8/h1-2,5-6,8,13-14H,3-4H2,(H2,10,11,15)/t5-,6+,8?/m0/s1. The summed E-state index contributed by atoms with van der Waals surface area (Å²) in [5.74, 6) is 0.138. The van der Waals surface area contributed by atoms with Crippen LogP contribution in [0.3, 0.4) is 0 Å². The summed E-state index contributed by atoms with van der Waals surface area (Å²) in [6, 6.07) is 1.48. The molecule has 0 aromatic carbocycles. The average molecular weight is 227 g/mol. The van der Waals surface area contributed by atoms with Crippen molar-refractivity contribution in [3.8, 4) is 0 Å². The molecule has 2 heterocycles. The van der Waals surface area contributed by atoms with Crippen LogP contribution in [0.15, 0.2) is 17.1 Å². The van der Waals surface area contributed by atoms with Gasteiger partial charge in [-0.15, -0.1) is 0 Å². The van der Waals surface area contributed by atoms with Crippen LogP contribution >= 0.6 is 0 Å². The van der Waals surface area contributed by atoms with Gasteiger partial charge in [-0.05, 0) is 6.07 Å². The number of aromatic nitrogens is 2. The SMILES string of the molecule is Nc1ccn(C2C[C@H](O)[C@@H](CO)O2)c(=O)n1. The number of anilines is 1. The van der Waals surface area contributed by atoms with E-state index in [1.54, 1.807) is 0 Å². The van der Waals surface area contributed by atoms with Crippen LogP contribution in [0.25, 0.3) is 0 Å². The Morgan fingerprint density at radius 2 is 2.44 bits per heavy atom. The predicted molar refractivity (Wildman–Crippen MR) is 54.5 cm³/mol. The van der Waals surface area contributed by atoms with Crippen molar-refractivity contribution in [2.75, 3.05) is 12.3 Å². The van der Waals surface area contributed by atoms with Crippen LogP contribution in [0.1, 0.15) is 12.6 Å². The van der Waals surface area contributed by atoms with Crippen LogP contribution in [-0.2, 0) is 4.74 Å². The van der Waals surface area contributed by atoms with E-state index in [1.165, 1.54) is 16.8 Å². The lowest BCUT2D eigenvalue weighted by molar-refractivity contribution is -0.0458. The Bertz CT molecular complexity index is 433. The van der Waals surface area contributed by atoms with E-state index in [-0.39, 0.29) is 18.8 Å². The van der Waals surface area contributed by atoms with Gasteiger partial charge in [0, 0.05) is 12.6 Å². The molecule has 1 saturated heterocycles. The molecule has 1 aromatic rings. The molecule has 88 valence electrons. The number of ether oxygens (including phenoxy) is 1. The lowest BCUT2D eigenvalue weighted by atomic mass is 10.2. The molecule has 1 aliphatic rings. The minimum Gasteiger partial charge on any atom is -0.394 e. The Morgan fingerprint density at radius 1 is 1.69 bits per heavy atom. The number of hydrogen-bond acceptors (Lipinski definition) is 6. The van der Waals surface area contributed by atoms with Gasteiger partial charge in [-0.25, -0.2) is 4.79 Å². The molecule has 0 bridgehead atoms. The first-order valence-electron chi connectivity index (χ1n) is 4.91. The molecule has 2 rings (SSSR count). The smallest absolute Gasteiger partial charge is 0.351 e. The van der Waals surface area contributed by atoms with Crippen molar-refractivity contribution < 1.29 is 14.9 Å². The summed E-state index contributed by atoms with van der Waals surface area (Å²) in [4.78, 5) is 15.0. The summed E-state index contributed by atoms with van der Waals surface area (Å²) in [5, 5.41) is 18.4. The molecule has 0 spiro atoms. The lowest BCUT2D eigenvalue weighted by Crippen LogP contribution is -2.27. The first-order valence-corrected chi connectivity index (χ1v) is 4.91. The number of nitrogens with two attached hydrogens (primary N) is 1. The van der Waals surface area contributed by atoms with Crippen molar-refractivity contribution in [1.82, 2.24) is 9.55 Å². The molecule has 1 aromatic heterocycles. The highest BCUT2D eigenvalue weighted by Crippen LogP contribution is 2.27. The summed E-state index contributed by atoms with van der Waals surface area (Å²) in [6.07, 6.45) is -0.333. The Labute approximate surface area is 91.1 Å². The van der Waals surface area contributed by atoms with Crippen LogP contribution in [0.4, 0.5) is 5.82 Å². The zero-order chi connectivity index (χ0) is 11.7. The normalized spacial score (nSPS) is 29.5. The Morgan fingerprint density at radius 3 is 3.00 bits per heavy atom. The van der Waals surface area contributed by atoms with E-state index in [2.05, 4.69) is 4.98 Å². The largest absolute Gasteiger partial charge is 0.394 e. The summed E-state index contributed by atoms with van der Waals surface area (Å²) in [5.41, 5.74) is 4.82. The minimum absolute atomic E-state index is 0.138. The van der Waals surface area contributed by atoms with Gasteiger partial charge < -0.3 is 20.7 Å². The third-order valence-electron chi connectivity index (χ3n) is 2.55. The first kappa shape index (κ1) is 11.1. The maximum absolute atomic E-state index is 11.5. The summed E-state index contributed by atoms with van der Waals surface area (Å²) in [6.45, 7) is -0.283. The van der Waals surface area contributed by atoms with Gasteiger partial charge in [0.25, 0.3) is 0 Å². The van der Waals surface area contributed by atoms with Gasteiger partial charge in [-0.3, -0.25) is 4.57 Å². The Kier molecular flexibility index (Phi) is 2.90. The molecule has 4 N–H and O–H groups in total. The highest BCUT2D eigenvalue weighted by Gasteiger charge is 2.34. The Hall–Kier alpha value is -1.44. The molecular formula is C9H13N3O4. The van der Waals surface area contributed by atoms with Gasteiger partial charge >= 0.3 is 5.69 Å². The highest BCUT2D eigenvalue weighted by molar-refractivity contribution is 5.23. The third kappa shape index (κ3) is 1.92. The van der Waals surface area contributed by atoms with Crippen LogP contribution < -0.4 is 11.4 Å². The second-order valence-corrected chi connectivity index (χ2v) is 3.66. The third-order valence-corrected chi connectivity index (χ3v) is 2.55. The molecule has 0 aliphatic carbocycles.